The van der Waals surface area contributed by atoms with Crippen LogP contribution < -0.4 is 0 Å². The molecule has 0 radical (unpaired) electrons. The van der Waals surface area contributed by atoms with Gasteiger partial charge >= 0.3 is 0 Å². The number of H-pyrrole nitrogens is 1. The van der Waals surface area contributed by atoms with Crippen LogP contribution in [0.4, 0.5) is 0 Å². The van der Waals surface area contributed by atoms with Crippen LogP contribution in [0.2, 0.25) is 0 Å². The lowest BCUT2D eigenvalue weighted by atomic mass is 10.1. The summed E-state index contributed by atoms with van der Waals surface area (Å²) in [5, 5.41) is 6.81. The number of aromatic amines is 1. The summed E-state index contributed by atoms with van der Waals surface area (Å²) in [7, 11) is 0. The van der Waals surface area contributed by atoms with Crippen LogP contribution in [0.1, 0.15) is 12.5 Å². The Kier molecular flexibility index (Phi) is 2.63. The molecule has 0 unspecified atom stereocenters. The van der Waals surface area contributed by atoms with E-state index in [2.05, 4.69) is 50.2 Å². The Bertz CT molecular complexity index is 419. The van der Waals surface area contributed by atoms with E-state index in [0.29, 0.717) is 4.73 Å². The van der Waals surface area contributed by atoms with E-state index in [1.165, 1.54) is 5.56 Å². The molecule has 0 bridgehead atoms. The molecule has 0 aliphatic rings. The van der Waals surface area contributed by atoms with Gasteiger partial charge in [-0.25, -0.2) is 4.98 Å². The van der Waals surface area contributed by atoms with Crippen LogP contribution in [0.3, 0.4) is 0 Å². The van der Waals surface area contributed by atoms with Gasteiger partial charge in [-0.1, -0.05) is 31.2 Å². The van der Waals surface area contributed by atoms with E-state index in [9.17, 15) is 0 Å². The zero-order chi connectivity index (χ0) is 9.97. The van der Waals surface area contributed by atoms with Crippen LogP contribution in [-0.4, -0.2) is 15.2 Å². The van der Waals surface area contributed by atoms with Crippen molar-refractivity contribution in [2.24, 2.45) is 0 Å². The molecule has 0 aliphatic heterocycles. The van der Waals surface area contributed by atoms with Crippen LogP contribution in [0, 0.1) is 0 Å². The van der Waals surface area contributed by atoms with E-state index in [1.807, 2.05) is 12.1 Å². The van der Waals surface area contributed by atoms with Crippen molar-refractivity contribution in [3.63, 3.8) is 0 Å². The number of hydrogen-bond acceptors (Lipinski definition) is 2. The molecule has 72 valence electrons. The summed E-state index contributed by atoms with van der Waals surface area (Å²) in [5.41, 5.74) is 2.35. The molecule has 0 saturated heterocycles. The highest BCUT2D eigenvalue weighted by Gasteiger charge is 2.02. The maximum atomic E-state index is 4.19. The van der Waals surface area contributed by atoms with Crippen LogP contribution in [0.15, 0.2) is 29.0 Å². The van der Waals surface area contributed by atoms with Gasteiger partial charge in [0.05, 0.1) is 0 Å². The molecule has 1 aromatic heterocycles. The molecule has 0 atom stereocenters. The molecule has 1 aromatic carbocycles. The van der Waals surface area contributed by atoms with E-state index in [0.717, 1.165) is 17.8 Å². The Morgan fingerprint density at radius 2 is 2.00 bits per heavy atom. The summed E-state index contributed by atoms with van der Waals surface area (Å²) in [6.45, 7) is 2.14. The number of aryl methyl sites for hydroxylation is 1. The summed E-state index contributed by atoms with van der Waals surface area (Å²) < 4.78 is 0.659. The second-order valence-corrected chi connectivity index (χ2v) is 3.75. The first-order valence-corrected chi connectivity index (χ1v) is 5.26. The topological polar surface area (TPSA) is 41.6 Å². The average Bonchev–Trinajstić information content (AvgIpc) is 2.65. The molecule has 3 nitrogen and oxygen atoms in total. The third-order valence-electron chi connectivity index (χ3n) is 2.08. The number of benzene rings is 1. The number of rotatable bonds is 2. The van der Waals surface area contributed by atoms with Crippen molar-refractivity contribution in [1.82, 2.24) is 15.2 Å². The third kappa shape index (κ3) is 1.85. The molecule has 2 rings (SSSR count). The van der Waals surface area contributed by atoms with Gasteiger partial charge in [0.15, 0.2) is 10.6 Å². The molecule has 1 heterocycles. The molecule has 2 aromatic rings. The maximum absolute atomic E-state index is 4.19. The monoisotopic (exact) mass is 251 g/mol. The van der Waals surface area contributed by atoms with Crippen LogP contribution >= 0.6 is 15.9 Å². The lowest BCUT2D eigenvalue weighted by Crippen LogP contribution is -1.83. The summed E-state index contributed by atoms with van der Waals surface area (Å²) in [6.07, 6.45) is 1.05. The van der Waals surface area contributed by atoms with Crippen molar-refractivity contribution in [3.05, 3.63) is 34.6 Å². The van der Waals surface area contributed by atoms with Crippen LogP contribution in [-0.2, 0) is 6.42 Å². The minimum atomic E-state index is 0.659. The second-order valence-electron chi connectivity index (χ2n) is 3.00. The van der Waals surface area contributed by atoms with E-state index >= 15 is 0 Å². The quantitative estimate of drug-likeness (QED) is 0.892. The summed E-state index contributed by atoms with van der Waals surface area (Å²) >= 11 is 3.23. The molecule has 1 N–H and O–H groups in total. The molecular formula is C10H10BrN3. The predicted octanol–water partition coefficient (Wildman–Crippen LogP) is 2.80. The van der Waals surface area contributed by atoms with Crippen molar-refractivity contribution < 1.29 is 0 Å². The highest BCUT2D eigenvalue weighted by atomic mass is 79.9. The number of hydrogen-bond donors (Lipinski definition) is 1. The largest absolute Gasteiger partial charge is 0.253 e. The van der Waals surface area contributed by atoms with E-state index in [4.69, 9.17) is 0 Å². The van der Waals surface area contributed by atoms with Gasteiger partial charge < -0.3 is 0 Å². The van der Waals surface area contributed by atoms with E-state index in [1.54, 1.807) is 0 Å². The van der Waals surface area contributed by atoms with Gasteiger partial charge in [-0.3, -0.25) is 5.10 Å². The lowest BCUT2D eigenvalue weighted by Gasteiger charge is -1.97. The maximum Gasteiger partial charge on any atom is 0.193 e. The van der Waals surface area contributed by atoms with Gasteiger partial charge in [0.25, 0.3) is 0 Å². The first-order chi connectivity index (χ1) is 6.79. The van der Waals surface area contributed by atoms with Crippen molar-refractivity contribution in [2.45, 2.75) is 13.3 Å². The normalized spacial score (nSPS) is 10.4. The van der Waals surface area contributed by atoms with Crippen molar-refractivity contribution in [1.29, 1.82) is 0 Å². The average molecular weight is 252 g/mol. The molecular weight excluding hydrogens is 242 g/mol. The van der Waals surface area contributed by atoms with Gasteiger partial charge in [0, 0.05) is 5.56 Å². The molecule has 0 spiro atoms. The Labute approximate surface area is 90.7 Å². The van der Waals surface area contributed by atoms with E-state index in [-0.39, 0.29) is 0 Å². The summed E-state index contributed by atoms with van der Waals surface area (Å²) in [6, 6.07) is 8.27. The van der Waals surface area contributed by atoms with Gasteiger partial charge in [0.1, 0.15) is 0 Å². The minimum absolute atomic E-state index is 0.659. The zero-order valence-corrected chi connectivity index (χ0v) is 9.37. The van der Waals surface area contributed by atoms with Gasteiger partial charge in [-0.15, -0.1) is 0 Å². The predicted molar refractivity (Wildman–Crippen MR) is 58.9 cm³/mol. The fourth-order valence-electron chi connectivity index (χ4n) is 1.26. The number of aromatic nitrogens is 3. The summed E-state index contributed by atoms with van der Waals surface area (Å²) in [5.74, 6) is 0.722. The molecule has 0 fully saturated rings. The highest BCUT2D eigenvalue weighted by molar-refractivity contribution is 9.10. The molecule has 0 saturated carbocycles. The molecule has 14 heavy (non-hydrogen) atoms. The highest BCUT2D eigenvalue weighted by Crippen LogP contribution is 2.16. The lowest BCUT2D eigenvalue weighted by molar-refractivity contribution is 1.07. The number of nitrogens with zero attached hydrogens (tertiary/aromatic N) is 2. The van der Waals surface area contributed by atoms with Crippen molar-refractivity contribution in [2.75, 3.05) is 0 Å². The number of nitrogens with one attached hydrogen (secondary N) is 1. The third-order valence-corrected chi connectivity index (χ3v) is 2.43. The van der Waals surface area contributed by atoms with Crippen LogP contribution in [0.5, 0.6) is 0 Å². The molecule has 4 heteroatoms. The Hall–Kier alpha value is -1.16. The first-order valence-electron chi connectivity index (χ1n) is 4.47. The van der Waals surface area contributed by atoms with E-state index < -0.39 is 0 Å². The molecule has 0 aliphatic carbocycles. The van der Waals surface area contributed by atoms with Crippen molar-refractivity contribution in [3.8, 4) is 11.4 Å². The van der Waals surface area contributed by atoms with Crippen LogP contribution in [0.25, 0.3) is 11.4 Å². The zero-order valence-electron chi connectivity index (χ0n) is 7.79. The van der Waals surface area contributed by atoms with Gasteiger partial charge in [0.2, 0.25) is 0 Å². The standard InChI is InChI=1S/C10H10BrN3/c1-2-7-3-5-8(6-4-7)9-12-10(11)14-13-9/h3-6H,2H2,1H3,(H,12,13,14). The fourth-order valence-corrected chi connectivity index (χ4v) is 1.52. The van der Waals surface area contributed by atoms with Gasteiger partial charge in [-0.2, -0.15) is 5.10 Å². The second kappa shape index (κ2) is 3.92. The number of halogens is 1. The van der Waals surface area contributed by atoms with Gasteiger partial charge in [-0.05, 0) is 27.9 Å². The van der Waals surface area contributed by atoms with Crippen molar-refractivity contribution >= 4 is 15.9 Å². The minimum Gasteiger partial charge on any atom is -0.253 e. The smallest absolute Gasteiger partial charge is 0.193 e. The Morgan fingerprint density at radius 1 is 1.29 bits per heavy atom. The SMILES string of the molecule is CCc1ccc(-c2n[nH]c(Br)n2)cc1. The Balaban J connectivity index is 2.33. The fraction of sp³-hybridized carbons (Fsp3) is 0.200. The molecule has 0 amide bonds. The first kappa shape index (κ1) is 9.40. The Morgan fingerprint density at radius 3 is 2.50 bits per heavy atom. The summed E-state index contributed by atoms with van der Waals surface area (Å²) in [4.78, 5) is 4.19.